The molecule has 176 valence electrons. The molecule has 0 saturated heterocycles. The molecule has 0 spiro atoms. The SMILES string of the molecule is C=CC(=O)Nc1cccc(NC(=O)CSc2nc(Nc3ccc(CC)cc3)c3ccccc3n2)c1. The predicted octanol–water partition coefficient (Wildman–Crippen LogP) is 5.79. The first-order valence-corrected chi connectivity index (χ1v) is 12.1. The molecule has 3 aromatic carbocycles. The third kappa shape index (κ3) is 6.45. The van der Waals surface area contributed by atoms with E-state index in [9.17, 15) is 9.59 Å². The molecule has 0 unspecified atom stereocenters. The highest BCUT2D eigenvalue weighted by atomic mass is 32.2. The number of nitrogens with one attached hydrogen (secondary N) is 3. The van der Waals surface area contributed by atoms with Crippen molar-refractivity contribution in [1.29, 1.82) is 0 Å². The predicted molar refractivity (Wildman–Crippen MR) is 143 cm³/mol. The van der Waals surface area contributed by atoms with Crippen molar-refractivity contribution in [1.82, 2.24) is 9.97 Å². The maximum Gasteiger partial charge on any atom is 0.247 e. The summed E-state index contributed by atoms with van der Waals surface area (Å²) in [7, 11) is 0. The summed E-state index contributed by atoms with van der Waals surface area (Å²) in [5.74, 6) is 0.298. The number of hydrogen-bond acceptors (Lipinski definition) is 6. The molecule has 35 heavy (non-hydrogen) atoms. The van der Waals surface area contributed by atoms with Crippen LogP contribution in [0.4, 0.5) is 22.9 Å². The second-order valence-electron chi connectivity index (χ2n) is 7.66. The van der Waals surface area contributed by atoms with Crippen LogP contribution in [0.3, 0.4) is 0 Å². The summed E-state index contributed by atoms with van der Waals surface area (Å²) < 4.78 is 0. The van der Waals surface area contributed by atoms with Gasteiger partial charge in [0.25, 0.3) is 0 Å². The highest BCUT2D eigenvalue weighted by Gasteiger charge is 2.11. The minimum absolute atomic E-state index is 0.131. The van der Waals surface area contributed by atoms with Crippen LogP contribution in [-0.2, 0) is 16.0 Å². The molecule has 7 nitrogen and oxygen atoms in total. The van der Waals surface area contributed by atoms with Gasteiger partial charge in [0.1, 0.15) is 5.82 Å². The third-order valence-electron chi connectivity index (χ3n) is 5.14. The largest absolute Gasteiger partial charge is 0.340 e. The first-order valence-electron chi connectivity index (χ1n) is 11.1. The van der Waals surface area contributed by atoms with Gasteiger partial charge in [-0.1, -0.05) is 55.6 Å². The number of nitrogens with zero attached hydrogens (tertiary/aromatic N) is 2. The van der Waals surface area contributed by atoms with Crippen LogP contribution in [0.1, 0.15) is 12.5 Å². The molecule has 0 aliphatic rings. The maximum absolute atomic E-state index is 12.6. The first kappa shape index (κ1) is 24.0. The van der Waals surface area contributed by atoms with E-state index in [1.165, 1.54) is 23.4 Å². The van der Waals surface area contributed by atoms with E-state index in [1.54, 1.807) is 24.3 Å². The second kappa shape index (κ2) is 11.3. The Hall–Kier alpha value is -4.17. The lowest BCUT2D eigenvalue weighted by Gasteiger charge is -2.11. The van der Waals surface area contributed by atoms with Crippen molar-refractivity contribution < 1.29 is 9.59 Å². The number of thioether (sulfide) groups is 1. The lowest BCUT2D eigenvalue weighted by atomic mass is 10.1. The van der Waals surface area contributed by atoms with E-state index in [2.05, 4.69) is 51.6 Å². The Kier molecular flexibility index (Phi) is 7.74. The number of anilines is 4. The van der Waals surface area contributed by atoms with Crippen LogP contribution in [0.15, 0.2) is 90.6 Å². The molecule has 4 aromatic rings. The summed E-state index contributed by atoms with van der Waals surface area (Å²) in [5.41, 5.74) is 4.14. The van der Waals surface area contributed by atoms with E-state index in [-0.39, 0.29) is 17.6 Å². The van der Waals surface area contributed by atoms with Crippen molar-refractivity contribution in [3.63, 3.8) is 0 Å². The van der Waals surface area contributed by atoms with Crippen molar-refractivity contribution in [3.05, 3.63) is 91.0 Å². The number of aryl methyl sites for hydroxylation is 1. The Morgan fingerprint density at radius 3 is 2.40 bits per heavy atom. The number of fused-ring (bicyclic) bond motifs is 1. The van der Waals surface area contributed by atoms with Gasteiger partial charge in [-0.05, 0) is 60.5 Å². The number of para-hydroxylation sites is 1. The van der Waals surface area contributed by atoms with Gasteiger partial charge in [0, 0.05) is 22.4 Å². The van der Waals surface area contributed by atoms with Gasteiger partial charge in [0.2, 0.25) is 11.8 Å². The molecule has 0 aliphatic carbocycles. The van der Waals surface area contributed by atoms with Crippen molar-refractivity contribution in [2.24, 2.45) is 0 Å². The standard InChI is InChI=1S/C27H25N5O2S/c1-3-18-12-14-19(15-13-18)30-26-22-10-5-6-11-23(22)31-27(32-26)35-17-25(34)29-21-9-7-8-20(16-21)28-24(33)4-2/h4-16H,2-3,17H2,1H3,(H,28,33)(H,29,34)(H,30,31,32). The summed E-state index contributed by atoms with van der Waals surface area (Å²) in [6, 6.07) is 22.9. The van der Waals surface area contributed by atoms with Gasteiger partial charge in [-0.15, -0.1) is 0 Å². The summed E-state index contributed by atoms with van der Waals surface area (Å²) in [6.07, 6.45) is 2.17. The number of amides is 2. The number of carbonyl (C=O) groups excluding carboxylic acids is 2. The Bertz CT molecular complexity index is 1370. The topological polar surface area (TPSA) is 96.0 Å². The number of aromatic nitrogens is 2. The summed E-state index contributed by atoms with van der Waals surface area (Å²) in [6.45, 7) is 5.56. The smallest absolute Gasteiger partial charge is 0.247 e. The van der Waals surface area contributed by atoms with E-state index in [1.807, 2.05) is 36.4 Å². The van der Waals surface area contributed by atoms with Crippen molar-refractivity contribution >= 4 is 57.4 Å². The number of rotatable bonds is 9. The molecule has 0 atom stereocenters. The molecule has 8 heteroatoms. The van der Waals surface area contributed by atoms with E-state index in [0.29, 0.717) is 22.3 Å². The molecule has 0 radical (unpaired) electrons. The van der Waals surface area contributed by atoms with Crippen molar-refractivity contribution in [2.45, 2.75) is 18.5 Å². The minimum Gasteiger partial charge on any atom is -0.340 e. The Morgan fingerprint density at radius 1 is 0.914 bits per heavy atom. The fraction of sp³-hybridized carbons (Fsp3) is 0.111. The zero-order valence-electron chi connectivity index (χ0n) is 19.2. The van der Waals surface area contributed by atoms with Gasteiger partial charge >= 0.3 is 0 Å². The van der Waals surface area contributed by atoms with E-state index >= 15 is 0 Å². The van der Waals surface area contributed by atoms with Crippen molar-refractivity contribution in [2.75, 3.05) is 21.7 Å². The molecule has 1 aromatic heterocycles. The second-order valence-corrected chi connectivity index (χ2v) is 8.60. The fourth-order valence-corrected chi connectivity index (χ4v) is 4.02. The number of benzene rings is 3. The highest BCUT2D eigenvalue weighted by molar-refractivity contribution is 7.99. The van der Waals surface area contributed by atoms with Crippen LogP contribution in [0, 0.1) is 0 Å². The van der Waals surface area contributed by atoms with Gasteiger partial charge in [0.05, 0.1) is 11.3 Å². The summed E-state index contributed by atoms with van der Waals surface area (Å²) in [5, 5.41) is 10.3. The first-order chi connectivity index (χ1) is 17.0. The Balaban J connectivity index is 1.46. The van der Waals surface area contributed by atoms with E-state index < -0.39 is 0 Å². The molecule has 0 aliphatic heterocycles. The zero-order valence-corrected chi connectivity index (χ0v) is 20.1. The molecular weight excluding hydrogens is 458 g/mol. The van der Waals surface area contributed by atoms with E-state index in [0.717, 1.165) is 23.0 Å². The molecule has 1 heterocycles. The molecule has 3 N–H and O–H groups in total. The molecular formula is C27H25N5O2S. The van der Waals surface area contributed by atoms with Gasteiger partial charge in [-0.2, -0.15) is 0 Å². The lowest BCUT2D eigenvalue weighted by Crippen LogP contribution is -2.15. The molecule has 0 bridgehead atoms. The van der Waals surface area contributed by atoms with Crippen LogP contribution in [0.25, 0.3) is 10.9 Å². The van der Waals surface area contributed by atoms with Crippen LogP contribution >= 0.6 is 11.8 Å². The van der Waals surface area contributed by atoms with Crippen molar-refractivity contribution in [3.8, 4) is 0 Å². The Morgan fingerprint density at radius 2 is 1.66 bits per heavy atom. The lowest BCUT2D eigenvalue weighted by molar-refractivity contribution is -0.114. The Labute approximate surface area is 208 Å². The zero-order chi connectivity index (χ0) is 24.6. The van der Waals surface area contributed by atoms with Gasteiger partial charge in [0.15, 0.2) is 5.16 Å². The van der Waals surface area contributed by atoms with E-state index in [4.69, 9.17) is 0 Å². The highest BCUT2D eigenvalue weighted by Crippen LogP contribution is 2.27. The maximum atomic E-state index is 12.6. The average Bonchev–Trinajstić information content (AvgIpc) is 2.88. The third-order valence-corrected chi connectivity index (χ3v) is 5.99. The van der Waals surface area contributed by atoms with Crippen LogP contribution in [0.2, 0.25) is 0 Å². The fourth-order valence-electron chi connectivity index (χ4n) is 3.37. The number of hydrogen-bond donors (Lipinski definition) is 3. The quantitative estimate of drug-likeness (QED) is 0.158. The van der Waals surface area contributed by atoms with Gasteiger partial charge < -0.3 is 16.0 Å². The monoisotopic (exact) mass is 483 g/mol. The summed E-state index contributed by atoms with van der Waals surface area (Å²) in [4.78, 5) is 33.4. The van der Waals surface area contributed by atoms with Crippen LogP contribution in [-0.4, -0.2) is 27.5 Å². The van der Waals surface area contributed by atoms with Crippen LogP contribution in [0.5, 0.6) is 0 Å². The molecule has 0 saturated carbocycles. The normalized spacial score (nSPS) is 10.5. The van der Waals surface area contributed by atoms with Gasteiger partial charge in [-0.3, -0.25) is 9.59 Å². The molecule has 2 amide bonds. The van der Waals surface area contributed by atoms with Gasteiger partial charge in [-0.25, -0.2) is 9.97 Å². The molecule has 4 rings (SSSR count). The number of carbonyl (C=O) groups is 2. The minimum atomic E-state index is -0.316. The van der Waals surface area contributed by atoms with Crippen LogP contribution < -0.4 is 16.0 Å². The average molecular weight is 484 g/mol. The molecule has 0 fully saturated rings. The summed E-state index contributed by atoms with van der Waals surface area (Å²) >= 11 is 1.25.